The van der Waals surface area contributed by atoms with Gasteiger partial charge in [0.05, 0.1) is 12.2 Å². The van der Waals surface area contributed by atoms with Gasteiger partial charge in [-0.05, 0) is 60.5 Å². The van der Waals surface area contributed by atoms with Crippen LogP contribution >= 0.6 is 28.1 Å². The lowest BCUT2D eigenvalue weighted by atomic mass is 10.0. The Labute approximate surface area is 196 Å². The fourth-order valence-corrected chi connectivity index (χ4v) is 2.98. The van der Waals surface area contributed by atoms with Crippen LogP contribution in [-0.2, 0) is 4.79 Å². The second kappa shape index (κ2) is 12.3. The lowest BCUT2D eigenvalue weighted by Crippen LogP contribution is -2.49. The molecule has 0 aliphatic carbocycles. The van der Waals surface area contributed by atoms with Crippen LogP contribution in [0, 0.1) is 0 Å². The van der Waals surface area contributed by atoms with Crippen LogP contribution < -0.4 is 25.6 Å². The third-order valence-electron chi connectivity index (χ3n) is 4.11. The van der Waals surface area contributed by atoms with Crippen LogP contribution in [0.4, 0.5) is 0 Å². The molecule has 0 saturated heterocycles. The van der Waals surface area contributed by atoms with Gasteiger partial charge >= 0.3 is 0 Å². The first-order valence-electron chi connectivity index (χ1n) is 9.85. The van der Waals surface area contributed by atoms with Crippen molar-refractivity contribution in [2.45, 2.75) is 33.1 Å². The smallest absolute Gasteiger partial charge is 0.276 e. The Balaban J connectivity index is 1.81. The third kappa shape index (κ3) is 8.18. The quantitative estimate of drug-likeness (QED) is 0.368. The van der Waals surface area contributed by atoms with E-state index in [0.717, 1.165) is 10.9 Å². The van der Waals surface area contributed by atoms with E-state index in [0.29, 0.717) is 29.6 Å². The molecule has 3 N–H and O–H groups in total. The number of hydrogen-bond donors (Lipinski definition) is 3. The van der Waals surface area contributed by atoms with Gasteiger partial charge < -0.3 is 9.47 Å². The van der Waals surface area contributed by atoms with Crippen LogP contribution in [0.15, 0.2) is 46.9 Å². The van der Waals surface area contributed by atoms with Crippen molar-refractivity contribution in [2.75, 3.05) is 13.2 Å². The fraction of sp³-hybridized carbons (Fsp3) is 0.318. The first-order chi connectivity index (χ1) is 14.8. The van der Waals surface area contributed by atoms with Gasteiger partial charge in [-0.3, -0.25) is 25.8 Å². The Morgan fingerprint density at radius 2 is 1.77 bits per heavy atom. The highest BCUT2D eigenvalue weighted by Gasteiger charge is 2.15. The third-order valence-corrected chi connectivity index (χ3v) is 4.80. The van der Waals surface area contributed by atoms with Gasteiger partial charge in [0.2, 0.25) is 0 Å². The number of carbonyl (C=O) groups excluding carboxylic acids is 2. The van der Waals surface area contributed by atoms with Crippen molar-refractivity contribution in [1.29, 1.82) is 0 Å². The number of hydrogen-bond acceptors (Lipinski definition) is 5. The molecule has 2 aromatic carbocycles. The monoisotopic (exact) mass is 507 g/mol. The van der Waals surface area contributed by atoms with E-state index in [1.165, 1.54) is 5.56 Å². The molecule has 0 bridgehead atoms. The van der Waals surface area contributed by atoms with Gasteiger partial charge in [0.1, 0.15) is 11.5 Å². The Kier molecular flexibility index (Phi) is 9.74. The topological polar surface area (TPSA) is 88.7 Å². The molecule has 0 radical (unpaired) electrons. The molecule has 0 aromatic heterocycles. The molecule has 2 rings (SSSR count). The standard InChI is InChI=1S/C22H26BrN3O4S/c1-4-11-29-19-10-7-16(23)12-18(19)21(28)24-22(31)26-25-20(27)13-30-17-8-5-15(6-9-17)14(2)3/h5-10,12,14H,4,11,13H2,1-3H3,(H,25,27)(H2,24,26,28,31). The first-order valence-corrected chi connectivity index (χ1v) is 11.1. The zero-order valence-corrected chi connectivity index (χ0v) is 20.1. The molecule has 7 nitrogen and oxygen atoms in total. The fourth-order valence-electron chi connectivity index (χ4n) is 2.48. The predicted molar refractivity (Wildman–Crippen MR) is 127 cm³/mol. The molecule has 0 atom stereocenters. The highest BCUT2D eigenvalue weighted by molar-refractivity contribution is 9.10. The normalized spacial score (nSPS) is 10.4. The molecule has 0 saturated carbocycles. The van der Waals surface area contributed by atoms with Gasteiger partial charge in [0.25, 0.3) is 11.8 Å². The van der Waals surface area contributed by atoms with E-state index in [9.17, 15) is 9.59 Å². The van der Waals surface area contributed by atoms with E-state index < -0.39 is 11.8 Å². The SMILES string of the molecule is CCCOc1ccc(Br)cc1C(=O)NC(=S)NNC(=O)COc1ccc(C(C)C)cc1. The Bertz CT molecular complexity index is 919. The second-order valence-corrected chi connectivity index (χ2v) is 8.28. The highest BCUT2D eigenvalue weighted by Crippen LogP contribution is 2.23. The van der Waals surface area contributed by atoms with Crippen molar-refractivity contribution in [1.82, 2.24) is 16.2 Å². The summed E-state index contributed by atoms with van der Waals surface area (Å²) in [7, 11) is 0. The summed E-state index contributed by atoms with van der Waals surface area (Å²) in [6.07, 6.45) is 0.813. The maximum atomic E-state index is 12.5. The van der Waals surface area contributed by atoms with Gasteiger partial charge in [0.15, 0.2) is 11.7 Å². The number of halogens is 1. The van der Waals surface area contributed by atoms with E-state index in [-0.39, 0.29) is 11.7 Å². The van der Waals surface area contributed by atoms with E-state index in [1.54, 1.807) is 18.2 Å². The van der Waals surface area contributed by atoms with Crippen LogP contribution in [0.5, 0.6) is 11.5 Å². The van der Waals surface area contributed by atoms with Gasteiger partial charge in [-0.25, -0.2) is 0 Å². The molecule has 0 aliphatic rings. The lowest BCUT2D eigenvalue weighted by Gasteiger charge is -2.14. The number of hydrazine groups is 1. The molecule has 2 aromatic rings. The van der Waals surface area contributed by atoms with Crippen LogP contribution in [0.25, 0.3) is 0 Å². The van der Waals surface area contributed by atoms with Crippen LogP contribution in [-0.4, -0.2) is 30.1 Å². The summed E-state index contributed by atoms with van der Waals surface area (Å²) in [5, 5.41) is 2.46. The summed E-state index contributed by atoms with van der Waals surface area (Å²) in [5.41, 5.74) is 6.39. The Morgan fingerprint density at radius 3 is 2.42 bits per heavy atom. The molecule has 166 valence electrons. The maximum absolute atomic E-state index is 12.5. The zero-order valence-electron chi connectivity index (χ0n) is 17.7. The molecule has 31 heavy (non-hydrogen) atoms. The minimum absolute atomic E-state index is 0.0546. The maximum Gasteiger partial charge on any atom is 0.276 e. The molecule has 0 spiro atoms. The van der Waals surface area contributed by atoms with Crippen molar-refractivity contribution in [2.24, 2.45) is 0 Å². The average Bonchev–Trinajstić information content (AvgIpc) is 2.75. The summed E-state index contributed by atoms with van der Waals surface area (Å²) < 4.78 is 11.8. The molecular weight excluding hydrogens is 482 g/mol. The summed E-state index contributed by atoms with van der Waals surface area (Å²) in [5.74, 6) is 0.555. The zero-order chi connectivity index (χ0) is 22.8. The lowest BCUT2D eigenvalue weighted by molar-refractivity contribution is -0.123. The number of nitrogens with one attached hydrogen (secondary N) is 3. The van der Waals surface area contributed by atoms with Gasteiger partial charge in [0, 0.05) is 4.47 Å². The number of benzene rings is 2. The summed E-state index contributed by atoms with van der Waals surface area (Å²) in [6, 6.07) is 12.7. The molecule has 0 aliphatic heterocycles. The van der Waals surface area contributed by atoms with Crippen LogP contribution in [0.1, 0.15) is 49.0 Å². The van der Waals surface area contributed by atoms with Crippen molar-refractivity contribution in [3.63, 3.8) is 0 Å². The van der Waals surface area contributed by atoms with Crippen molar-refractivity contribution in [3.8, 4) is 11.5 Å². The van der Waals surface area contributed by atoms with Crippen molar-refractivity contribution >= 4 is 45.1 Å². The first kappa shape index (κ1) is 24.6. The molecular formula is C22H26BrN3O4S. The van der Waals surface area contributed by atoms with Crippen LogP contribution in [0.2, 0.25) is 0 Å². The number of rotatable bonds is 8. The molecule has 9 heteroatoms. The van der Waals surface area contributed by atoms with Crippen molar-refractivity contribution in [3.05, 3.63) is 58.1 Å². The minimum Gasteiger partial charge on any atom is -0.493 e. The number of ether oxygens (including phenoxy) is 2. The second-order valence-electron chi connectivity index (χ2n) is 6.96. The van der Waals surface area contributed by atoms with Crippen molar-refractivity contribution < 1.29 is 19.1 Å². The minimum atomic E-state index is -0.458. The van der Waals surface area contributed by atoms with Gasteiger partial charge in [-0.2, -0.15) is 0 Å². The summed E-state index contributed by atoms with van der Waals surface area (Å²) in [4.78, 5) is 24.5. The number of carbonyl (C=O) groups is 2. The Morgan fingerprint density at radius 1 is 1.06 bits per heavy atom. The van der Waals surface area contributed by atoms with E-state index in [4.69, 9.17) is 21.7 Å². The molecule has 2 amide bonds. The van der Waals surface area contributed by atoms with Crippen LogP contribution in [0.3, 0.4) is 0 Å². The van der Waals surface area contributed by atoms with E-state index >= 15 is 0 Å². The summed E-state index contributed by atoms with van der Waals surface area (Å²) >= 11 is 8.42. The average molecular weight is 508 g/mol. The summed E-state index contributed by atoms with van der Waals surface area (Å²) in [6.45, 7) is 6.47. The number of amides is 2. The molecule has 0 unspecified atom stereocenters. The predicted octanol–water partition coefficient (Wildman–Crippen LogP) is 4.08. The van der Waals surface area contributed by atoms with Gasteiger partial charge in [-0.1, -0.05) is 48.8 Å². The molecule has 0 heterocycles. The van der Waals surface area contributed by atoms with Gasteiger partial charge in [-0.15, -0.1) is 0 Å². The largest absolute Gasteiger partial charge is 0.493 e. The highest BCUT2D eigenvalue weighted by atomic mass is 79.9. The van der Waals surface area contributed by atoms with E-state index in [2.05, 4.69) is 45.9 Å². The molecule has 0 fully saturated rings. The van der Waals surface area contributed by atoms with E-state index in [1.807, 2.05) is 31.2 Å². The number of thiocarbonyl (C=S) groups is 1. The Hall–Kier alpha value is -2.65.